The summed E-state index contributed by atoms with van der Waals surface area (Å²) in [5.41, 5.74) is 3.44. The summed E-state index contributed by atoms with van der Waals surface area (Å²) >= 11 is 0. The number of para-hydroxylation sites is 1. The Morgan fingerprint density at radius 3 is 2.35 bits per heavy atom. The molecule has 3 rings (SSSR count). The fourth-order valence-electron chi connectivity index (χ4n) is 3.35. The van der Waals surface area contributed by atoms with Gasteiger partial charge in [0.15, 0.2) is 0 Å². The summed E-state index contributed by atoms with van der Waals surface area (Å²) < 4.78 is 0. The van der Waals surface area contributed by atoms with Crippen molar-refractivity contribution in [2.45, 2.75) is 37.0 Å². The zero-order chi connectivity index (χ0) is 18.4. The highest BCUT2D eigenvalue weighted by molar-refractivity contribution is 5.53. The standard InChI is InChI=1S/C18H21N5O3/c24-21-15-8-6-14(7-9-15)20-18(23-26)11-10-16(22-25)12-17(18)19-13-4-2-1-3-5-13/h1-9,16-17,19-20,23,26H,10-12H2. The first kappa shape index (κ1) is 18.0. The van der Waals surface area contributed by atoms with Crippen molar-refractivity contribution in [2.75, 3.05) is 10.6 Å². The molecule has 1 saturated carbocycles. The molecule has 1 fully saturated rings. The van der Waals surface area contributed by atoms with Gasteiger partial charge in [-0.25, -0.2) is 0 Å². The minimum Gasteiger partial charge on any atom is -0.378 e. The number of rotatable bonds is 7. The Morgan fingerprint density at radius 1 is 1.00 bits per heavy atom. The molecule has 0 saturated heterocycles. The lowest BCUT2D eigenvalue weighted by Crippen LogP contribution is -2.64. The maximum Gasteiger partial charge on any atom is 0.131 e. The molecular weight excluding hydrogens is 334 g/mol. The molecule has 2 aromatic carbocycles. The molecule has 0 spiro atoms. The van der Waals surface area contributed by atoms with Crippen LogP contribution in [0.4, 0.5) is 17.1 Å². The van der Waals surface area contributed by atoms with Crippen LogP contribution in [0.25, 0.3) is 0 Å². The lowest BCUT2D eigenvalue weighted by Gasteiger charge is -2.45. The second kappa shape index (κ2) is 8.03. The molecule has 2 aromatic rings. The molecule has 0 radical (unpaired) electrons. The maximum absolute atomic E-state index is 11.1. The van der Waals surface area contributed by atoms with E-state index in [0.29, 0.717) is 24.9 Å². The Bertz CT molecular complexity index is 740. The first-order chi connectivity index (χ1) is 12.7. The predicted octanol–water partition coefficient (Wildman–Crippen LogP) is 3.97. The largest absolute Gasteiger partial charge is 0.378 e. The maximum atomic E-state index is 11.1. The van der Waals surface area contributed by atoms with Gasteiger partial charge in [0, 0.05) is 11.4 Å². The van der Waals surface area contributed by atoms with E-state index in [9.17, 15) is 15.0 Å². The smallest absolute Gasteiger partial charge is 0.131 e. The van der Waals surface area contributed by atoms with Crippen molar-refractivity contribution in [3.05, 3.63) is 64.4 Å². The lowest BCUT2D eigenvalue weighted by atomic mass is 9.81. The fourth-order valence-corrected chi connectivity index (χ4v) is 3.35. The Morgan fingerprint density at radius 2 is 1.73 bits per heavy atom. The van der Waals surface area contributed by atoms with E-state index < -0.39 is 5.66 Å². The quantitative estimate of drug-likeness (QED) is 0.339. The summed E-state index contributed by atoms with van der Waals surface area (Å²) in [7, 11) is 0. The Balaban J connectivity index is 1.86. The SMILES string of the molecule is O=Nc1ccc(NC2(NO)CCC(N=O)CC2Nc2ccccc2)cc1. The van der Waals surface area contributed by atoms with Gasteiger partial charge in [0.05, 0.1) is 12.1 Å². The van der Waals surface area contributed by atoms with Crippen molar-refractivity contribution in [1.82, 2.24) is 5.48 Å². The molecule has 8 heteroatoms. The van der Waals surface area contributed by atoms with Crippen LogP contribution in [-0.4, -0.2) is 23.0 Å². The van der Waals surface area contributed by atoms with Gasteiger partial charge in [0.25, 0.3) is 0 Å². The van der Waals surface area contributed by atoms with E-state index in [0.717, 1.165) is 11.4 Å². The first-order valence-electron chi connectivity index (χ1n) is 8.46. The van der Waals surface area contributed by atoms with Crippen LogP contribution in [0.3, 0.4) is 0 Å². The zero-order valence-corrected chi connectivity index (χ0v) is 14.1. The number of hydrogen-bond acceptors (Lipinski definition) is 8. The van der Waals surface area contributed by atoms with Crippen LogP contribution < -0.4 is 16.1 Å². The van der Waals surface area contributed by atoms with Crippen LogP contribution >= 0.6 is 0 Å². The van der Waals surface area contributed by atoms with Crippen molar-refractivity contribution in [2.24, 2.45) is 10.4 Å². The summed E-state index contributed by atoms with van der Waals surface area (Å²) in [6, 6.07) is 15.6. The molecule has 0 amide bonds. The lowest BCUT2D eigenvalue weighted by molar-refractivity contribution is 0.0425. The molecule has 1 aliphatic carbocycles. The monoisotopic (exact) mass is 355 g/mol. The van der Waals surface area contributed by atoms with E-state index in [1.807, 2.05) is 30.3 Å². The fraction of sp³-hybridized carbons (Fsp3) is 0.333. The normalized spacial score (nSPS) is 25.3. The molecule has 0 aliphatic heterocycles. The van der Waals surface area contributed by atoms with Crippen molar-refractivity contribution >= 4 is 17.1 Å². The van der Waals surface area contributed by atoms with Gasteiger partial charge in [0.2, 0.25) is 0 Å². The third-order valence-corrected chi connectivity index (χ3v) is 4.78. The molecule has 1 aliphatic rings. The van der Waals surface area contributed by atoms with Gasteiger partial charge in [0.1, 0.15) is 11.4 Å². The molecular formula is C18H21N5O3. The highest BCUT2D eigenvalue weighted by atomic mass is 16.5. The van der Waals surface area contributed by atoms with E-state index in [1.165, 1.54) is 0 Å². The molecule has 3 atom stereocenters. The van der Waals surface area contributed by atoms with E-state index in [-0.39, 0.29) is 12.1 Å². The van der Waals surface area contributed by atoms with Crippen molar-refractivity contribution in [3.63, 3.8) is 0 Å². The molecule has 8 nitrogen and oxygen atoms in total. The average molecular weight is 355 g/mol. The third kappa shape index (κ3) is 3.87. The Kier molecular flexibility index (Phi) is 5.55. The molecule has 0 heterocycles. The van der Waals surface area contributed by atoms with Crippen molar-refractivity contribution in [1.29, 1.82) is 0 Å². The van der Waals surface area contributed by atoms with Crippen LogP contribution in [0.1, 0.15) is 19.3 Å². The number of nitrogens with one attached hydrogen (secondary N) is 3. The zero-order valence-electron chi connectivity index (χ0n) is 14.1. The van der Waals surface area contributed by atoms with Gasteiger partial charge in [-0.15, -0.1) is 4.91 Å². The van der Waals surface area contributed by atoms with Crippen LogP contribution in [-0.2, 0) is 0 Å². The second-order valence-corrected chi connectivity index (χ2v) is 6.44. The number of anilines is 2. The summed E-state index contributed by atoms with van der Waals surface area (Å²) in [6.07, 6.45) is 1.50. The van der Waals surface area contributed by atoms with Gasteiger partial charge in [-0.3, -0.25) is 0 Å². The summed E-state index contributed by atoms with van der Waals surface area (Å²) in [4.78, 5) is 21.6. The van der Waals surface area contributed by atoms with Gasteiger partial charge in [-0.1, -0.05) is 23.4 Å². The second-order valence-electron chi connectivity index (χ2n) is 6.44. The highest BCUT2D eigenvalue weighted by Gasteiger charge is 2.44. The highest BCUT2D eigenvalue weighted by Crippen LogP contribution is 2.34. The van der Waals surface area contributed by atoms with Crippen molar-refractivity contribution < 1.29 is 5.21 Å². The number of benzene rings is 2. The summed E-state index contributed by atoms with van der Waals surface area (Å²) in [6.45, 7) is 0. The number of hydrogen-bond donors (Lipinski definition) is 4. The molecule has 136 valence electrons. The Labute approximate surface area is 150 Å². The van der Waals surface area contributed by atoms with Gasteiger partial charge >= 0.3 is 0 Å². The average Bonchev–Trinajstić information content (AvgIpc) is 2.70. The minimum absolute atomic E-state index is 0.296. The first-order valence-corrected chi connectivity index (χ1v) is 8.46. The minimum atomic E-state index is -0.896. The number of hydroxylamine groups is 1. The van der Waals surface area contributed by atoms with Gasteiger partial charge in [-0.05, 0) is 60.8 Å². The Hall–Kier alpha value is -2.84. The molecule has 0 bridgehead atoms. The van der Waals surface area contributed by atoms with Gasteiger partial charge < -0.3 is 15.8 Å². The van der Waals surface area contributed by atoms with Gasteiger partial charge in [-0.2, -0.15) is 10.4 Å². The van der Waals surface area contributed by atoms with Crippen LogP contribution in [0.15, 0.2) is 65.0 Å². The van der Waals surface area contributed by atoms with Crippen molar-refractivity contribution in [3.8, 4) is 0 Å². The van der Waals surface area contributed by atoms with Crippen LogP contribution in [0, 0.1) is 9.81 Å². The number of nitroso groups, excluding NO2 is 2. The van der Waals surface area contributed by atoms with E-state index in [1.54, 1.807) is 24.3 Å². The molecule has 26 heavy (non-hydrogen) atoms. The number of nitrogens with zero attached hydrogens (tertiary/aromatic N) is 2. The van der Waals surface area contributed by atoms with E-state index in [2.05, 4.69) is 26.5 Å². The van der Waals surface area contributed by atoms with Crippen LogP contribution in [0.5, 0.6) is 0 Å². The molecule has 4 N–H and O–H groups in total. The van der Waals surface area contributed by atoms with E-state index in [4.69, 9.17) is 0 Å². The topological polar surface area (TPSA) is 115 Å². The van der Waals surface area contributed by atoms with Crippen LogP contribution in [0.2, 0.25) is 0 Å². The third-order valence-electron chi connectivity index (χ3n) is 4.78. The molecule has 3 unspecified atom stereocenters. The van der Waals surface area contributed by atoms with E-state index >= 15 is 0 Å². The molecule has 0 aromatic heterocycles. The predicted molar refractivity (Wildman–Crippen MR) is 100 cm³/mol. The summed E-state index contributed by atoms with van der Waals surface area (Å²) in [5.74, 6) is 0. The summed E-state index contributed by atoms with van der Waals surface area (Å²) in [5, 5.41) is 22.7.